The molecule has 2 amide bonds. The van der Waals surface area contributed by atoms with Crippen LogP contribution in [0.25, 0.3) is 10.9 Å². The van der Waals surface area contributed by atoms with Crippen LogP contribution in [0.2, 0.25) is 0 Å². The molecule has 1 saturated carbocycles. The van der Waals surface area contributed by atoms with Crippen LogP contribution in [0.3, 0.4) is 0 Å². The summed E-state index contributed by atoms with van der Waals surface area (Å²) in [5.41, 5.74) is 3.03. The number of hydrogen-bond acceptors (Lipinski definition) is 2. The number of aryl methyl sites for hydroxylation is 2. The summed E-state index contributed by atoms with van der Waals surface area (Å²) >= 11 is 0. The fourth-order valence-corrected chi connectivity index (χ4v) is 4.20. The SMILES string of the molecule is CN(Cc1cc2cccc3c2n(c1=O)CC3)C(=O)NC1CCCCC1. The Bertz CT molecular complexity index is 865. The zero-order chi connectivity index (χ0) is 17.4. The molecule has 0 saturated heterocycles. The number of pyridine rings is 1. The molecule has 0 radical (unpaired) electrons. The van der Waals surface area contributed by atoms with Crippen LogP contribution in [-0.4, -0.2) is 28.6 Å². The number of urea groups is 1. The molecule has 2 heterocycles. The van der Waals surface area contributed by atoms with Crippen LogP contribution in [0.15, 0.2) is 29.1 Å². The maximum Gasteiger partial charge on any atom is 0.317 e. The van der Waals surface area contributed by atoms with E-state index < -0.39 is 0 Å². The van der Waals surface area contributed by atoms with E-state index >= 15 is 0 Å². The van der Waals surface area contributed by atoms with E-state index in [1.54, 1.807) is 11.9 Å². The van der Waals surface area contributed by atoms with E-state index in [0.29, 0.717) is 12.1 Å². The average Bonchev–Trinajstić information content (AvgIpc) is 3.06. The van der Waals surface area contributed by atoms with Gasteiger partial charge in [0.15, 0.2) is 0 Å². The van der Waals surface area contributed by atoms with Gasteiger partial charge in [-0.2, -0.15) is 0 Å². The van der Waals surface area contributed by atoms with Gasteiger partial charge in [0, 0.05) is 25.2 Å². The highest BCUT2D eigenvalue weighted by atomic mass is 16.2. The van der Waals surface area contributed by atoms with Crippen molar-refractivity contribution in [2.45, 2.75) is 57.7 Å². The van der Waals surface area contributed by atoms with Gasteiger partial charge in [0.1, 0.15) is 0 Å². The molecule has 5 heteroatoms. The van der Waals surface area contributed by atoms with Gasteiger partial charge in [0.2, 0.25) is 0 Å². The number of para-hydroxylation sites is 1. The Balaban J connectivity index is 1.54. The second-order valence-corrected chi connectivity index (χ2v) is 7.37. The van der Waals surface area contributed by atoms with E-state index in [1.807, 2.05) is 22.8 Å². The highest BCUT2D eigenvalue weighted by Crippen LogP contribution is 2.24. The molecule has 25 heavy (non-hydrogen) atoms. The van der Waals surface area contributed by atoms with Crippen LogP contribution in [-0.2, 0) is 19.5 Å². The van der Waals surface area contributed by atoms with Crippen molar-refractivity contribution in [2.75, 3.05) is 7.05 Å². The van der Waals surface area contributed by atoms with Gasteiger partial charge in [-0.05, 0) is 36.3 Å². The summed E-state index contributed by atoms with van der Waals surface area (Å²) < 4.78 is 1.87. The Hall–Kier alpha value is -2.30. The minimum Gasteiger partial charge on any atom is -0.335 e. The molecule has 1 fully saturated rings. The monoisotopic (exact) mass is 339 g/mol. The lowest BCUT2D eigenvalue weighted by Crippen LogP contribution is -2.44. The highest BCUT2D eigenvalue weighted by Gasteiger charge is 2.21. The number of hydrogen-bond donors (Lipinski definition) is 1. The van der Waals surface area contributed by atoms with E-state index in [4.69, 9.17) is 0 Å². The van der Waals surface area contributed by atoms with E-state index in [2.05, 4.69) is 11.4 Å². The number of carbonyl (C=O) groups excluding carboxylic acids is 1. The van der Waals surface area contributed by atoms with E-state index in [9.17, 15) is 9.59 Å². The van der Waals surface area contributed by atoms with Crippen molar-refractivity contribution in [1.82, 2.24) is 14.8 Å². The first kappa shape index (κ1) is 16.2. The van der Waals surface area contributed by atoms with Crippen LogP contribution in [0.1, 0.15) is 43.2 Å². The summed E-state index contributed by atoms with van der Waals surface area (Å²) in [6.45, 7) is 1.08. The van der Waals surface area contributed by atoms with Gasteiger partial charge in [-0.3, -0.25) is 4.79 Å². The lowest BCUT2D eigenvalue weighted by Gasteiger charge is -2.26. The first-order valence-electron chi connectivity index (χ1n) is 9.29. The first-order chi connectivity index (χ1) is 12.1. The maximum absolute atomic E-state index is 12.8. The van der Waals surface area contributed by atoms with E-state index in [1.165, 1.54) is 24.8 Å². The number of amides is 2. The van der Waals surface area contributed by atoms with Gasteiger partial charge < -0.3 is 14.8 Å². The molecule has 1 aromatic heterocycles. The van der Waals surface area contributed by atoms with Gasteiger partial charge in [0.25, 0.3) is 5.56 Å². The Kier molecular flexibility index (Phi) is 4.24. The third-order valence-electron chi connectivity index (χ3n) is 5.56. The van der Waals surface area contributed by atoms with Crippen molar-refractivity contribution in [3.8, 4) is 0 Å². The Morgan fingerprint density at radius 1 is 1.28 bits per heavy atom. The Morgan fingerprint density at radius 2 is 2.08 bits per heavy atom. The number of aromatic nitrogens is 1. The van der Waals surface area contributed by atoms with Gasteiger partial charge in [-0.25, -0.2) is 4.79 Å². The molecule has 0 bridgehead atoms. The molecule has 2 aliphatic rings. The third kappa shape index (κ3) is 3.03. The normalized spacial score (nSPS) is 17.0. The van der Waals surface area contributed by atoms with E-state index in [-0.39, 0.29) is 17.6 Å². The van der Waals surface area contributed by atoms with Gasteiger partial charge in [0.05, 0.1) is 12.1 Å². The van der Waals surface area contributed by atoms with E-state index in [0.717, 1.165) is 36.7 Å². The number of nitrogens with zero attached hydrogens (tertiary/aromatic N) is 2. The molecular formula is C20H25N3O2. The molecule has 4 rings (SSSR count). The predicted molar refractivity (Wildman–Crippen MR) is 98.8 cm³/mol. The molecule has 0 spiro atoms. The molecule has 132 valence electrons. The molecule has 2 aromatic rings. The van der Waals surface area contributed by atoms with Crippen LogP contribution >= 0.6 is 0 Å². The molecule has 0 atom stereocenters. The fourth-order valence-electron chi connectivity index (χ4n) is 4.20. The molecular weight excluding hydrogens is 314 g/mol. The van der Waals surface area contributed by atoms with Gasteiger partial charge in [-0.1, -0.05) is 37.5 Å². The zero-order valence-corrected chi connectivity index (χ0v) is 14.8. The fraction of sp³-hybridized carbons (Fsp3) is 0.500. The molecule has 1 aliphatic carbocycles. The summed E-state index contributed by atoms with van der Waals surface area (Å²) in [5, 5.41) is 4.20. The zero-order valence-electron chi connectivity index (χ0n) is 14.8. The third-order valence-corrected chi connectivity index (χ3v) is 5.56. The minimum atomic E-state index is -0.0819. The van der Waals surface area contributed by atoms with Crippen LogP contribution in [0, 0.1) is 0 Å². The van der Waals surface area contributed by atoms with Crippen molar-refractivity contribution >= 4 is 16.9 Å². The number of nitrogens with one attached hydrogen (secondary N) is 1. The van der Waals surface area contributed by atoms with Crippen LogP contribution < -0.4 is 10.9 Å². The van der Waals surface area contributed by atoms with Crippen molar-refractivity contribution in [3.63, 3.8) is 0 Å². The van der Waals surface area contributed by atoms with Gasteiger partial charge in [-0.15, -0.1) is 0 Å². The highest BCUT2D eigenvalue weighted by molar-refractivity contribution is 5.84. The lowest BCUT2D eigenvalue weighted by molar-refractivity contribution is 0.198. The first-order valence-corrected chi connectivity index (χ1v) is 9.29. The molecule has 1 aliphatic heterocycles. The van der Waals surface area contributed by atoms with Crippen LogP contribution in [0.5, 0.6) is 0 Å². The second-order valence-electron chi connectivity index (χ2n) is 7.37. The summed E-state index contributed by atoms with van der Waals surface area (Å²) in [4.78, 5) is 26.9. The topological polar surface area (TPSA) is 54.3 Å². The van der Waals surface area contributed by atoms with Crippen molar-refractivity contribution in [1.29, 1.82) is 0 Å². The smallest absolute Gasteiger partial charge is 0.317 e. The molecule has 1 N–H and O–H groups in total. The van der Waals surface area contributed by atoms with Gasteiger partial charge >= 0.3 is 6.03 Å². The summed E-state index contributed by atoms with van der Waals surface area (Å²) in [5.74, 6) is 0. The number of carbonyl (C=O) groups is 1. The standard InChI is InChI=1S/C20H25N3O2/c1-22(20(25)21-17-8-3-2-4-9-17)13-16-12-15-7-5-6-14-10-11-23(18(14)15)19(16)24/h5-7,12,17H,2-4,8-11,13H2,1H3,(H,21,25). The summed E-state index contributed by atoms with van der Waals surface area (Å²) in [6, 6.07) is 8.33. The molecule has 1 aromatic carbocycles. The molecule has 0 unspecified atom stereocenters. The van der Waals surface area contributed by atoms with Crippen molar-refractivity contribution < 1.29 is 4.79 Å². The number of benzene rings is 1. The number of rotatable bonds is 3. The quantitative estimate of drug-likeness (QED) is 0.934. The molecule has 5 nitrogen and oxygen atoms in total. The maximum atomic E-state index is 12.8. The van der Waals surface area contributed by atoms with Crippen molar-refractivity contribution in [3.05, 3.63) is 45.7 Å². The summed E-state index contributed by atoms with van der Waals surface area (Å²) in [7, 11) is 1.77. The van der Waals surface area contributed by atoms with Crippen LogP contribution in [0.4, 0.5) is 4.79 Å². The largest absolute Gasteiger partial charge is 0.335 e. The lowest BCUT2D eigenvalue weighted by atomic mass is 9.96. The minimum absolute atomic E-state index is 0.0368. The second kappa shape index (κ2) is 6.54. The summed E-state index contributed by atoms with van der Waals surface area (Å²) in [6.07, 6.45) is 6.67. The van der Waals surface area contributed by atoms with Crippen molar-refractivity contribution in [2.24, 2.45) is 0 Å². The Morgan fingerprint density at radius 3 is 2.88 bits per heavy atom. The predicted octanol–water partition coefficient (Wildman–Crippen LogP) is 3.03. The Labute approximate surface area is 147 Å². The average molecular weight is 339 g/mol.